The van der Waals surface area contributed by atoms with E-state index in [2.05, 4.69) is 4.74 Å². The maximum atomic E-state index is 10.5. The molecule has 0 aliphatic heterocycles. The molecule has 0 fully saturated rings. The lowest BCUT2D eigenvalue weighted by Crippen LogP contribution is -2.19. The predicted octanol–water partition coefficient (Wildman–Crippen LogP) is 0.384. The Morgan fingerprint density at radius 3 is 2.00 bits per heavy atom. The van der Waals surface area contributed by atoms with Gasteiger partial charge in [0, 0.05) is 0 Å². The third kappa shape index (κ3) is 2.26. The molecule has 0 aromatic rings. The molecule has 1 atom stereocenters. The number of rotatable bonds is 2. The molecular formula is C6H10O3. The number of ketones is 1. The summed E-state index contributed by atoms with van der Waals surface area (Å²) in [6, 6.07) is 0. The van der Waals surface area contributed by atoms with E-state index in [1.54, 1.807) is 0 Å². The van der Waals surface area contributed by atoms with E-state index >= 15 is 0 Å². The zero-order valence-corrected chi connectivity index (χ0v) is 5.80. The summed E-state index contributed by atoms with van der Waals surface area (Å²) in [6.07, 6.45) is 0. The highest BCUT2D eigenvalue weighted by atomic mass is 16.5. The standard InChI is InChI=1S/C6H10O3/c1-4(5(2)7)6(8)9-3/h4H,1-3H3/t4-/m0/s1. The zero-order chi connectivity index (χ0) is 7.44. The van der Waals surface area contributed by atoms with Crippen LogP contribution in [0.3, 0.4) is 0 Å². The largest absolute Gasteiger partial charge is 0.468 e. The van der Waals surface area contributed by atoms with Crippen molar-refractivity contribution >= 4 is 11.8 Å². The lowest BCUT2D eigenvalue weighted by atomic mass is 10.1. The Hall–Kier alpha value is -0.860. The van der Waals surface area contributed by atoms with Crippen molar-refractivity contribution in [2.24, 2.45) is 5.92 Å². The van der Waals surface area contributed by atoms with Crippen LogP contribution in [0.1, 0.15) is 13.8 Å². The van der Waals surface area contributed by atoms with Crippen LogP contribution in [0.4, 0.5) is 0 Å². The van der Waals surface area contributed by atoms with E-state index in [9.17, 15) is 9.59 Å². The van der Waals surface area contributed by atoms with E-state index in [4.69, 9.17) is 0 Å². The average molecular weight is 130 g/mol. The minimum Gasteiger partial charge on any atom is -0.468 e. The van der Waals surface area contributed by atoms with Crippen molar-refractivity contribution in [3.63, 3.8) is 0 Å². The highest BCUT2D eigenvalue weighted by molar-refractivity contribution is 5.97. The molecule has 3 heteroatoms. The topological polar surface area (TPSA) is 43.4 Å². The van der Waals surface area contributed by atoms with Crippen molar-refractivity contribution in [1.82, 2.24) is 0 Å². The van der Waals surface area contributed by atoms with E-state index in [-0.39, 0.29) is 5.78 Å². The van der Waals surface area contributed by atoms with Crippen molar-refractivity contribution < 1.29 is 14.3 Å². The lowest BCUT2D eigenvalue weighted by molar-refractivity contribution is -0.148. The lowest BCUT2D eigenvalue weighted by Gasteiger charge is -2.02. The average Bonchev–Trinajstić information content (AvgIpc) is 1.84. The van der Waals surface area contributed by atoms with Crippen LogP contribution >= 0.6 is 0 Å². The van der Waals surface area contributed by atoms with Crippen LogP contribution in [0.2, 0.25) is 0 Å². The maximum Gasteiger partial charge on any atom is 0.315 e. The number of Topliss-reactive ketones (excluding diaryl/α,β-unsaturated/α-hetero) is 1. The minimum absolute atomic E-state index is 0.165. The van der Waals surface area contributed by atoms with Crippen LogP contribution in [0.25, 0.3) is 0 Å². The van der Waals surface area contributed by atoms with Gasteiger partial charge in [-0.1, -0.05) is 0 Å². The van der Waals surface area contributed by atoms with Crippen molar-refractivity contribution in [1.29, 1.82) is 0 Å². The molecule has 52 valence electrons. The second-order valence-electron chi connectivity index (χ2n) is 1.86. The summed E-state index contributed by atoms with van der Waals surface area (Å²) < 4.78 is 4.31. The van der Waals surface area contributed by atoms with Crippen LogP contribution in [0.5, 0.6) is 0 Å². The third-order valence-corrected chi connectivity index (χ3v) is 1.16. The normalized spacial score (nSPS) is 12.3. The summed E-state index contributed by atoms with van der Waals surface area (Å²) in [6.45, 7) is 2.88. The summed E-state index contributed by atoms with van der Waals surface area (Å²) >= 11 is 0. The molecule has 0 aromatic heterocycles. The minimum atomic E-state index is -0.616. The first-order valence-corrected chi connectivity index (χ1v) is 2.68. The molecule has 0 amide bonds. The van der Waals surface area contributed by atoms with Crippen LogP contribution in [-0.4, -0.2) is 18.9 Å². The summed E-state index contributed by atoms with van der Waals surface area (Å²) in [4.78, 5) is 21.0. The Kier molecular flexibility index (Phi) is 2.91. The number of carbonyl (C=O) groups is 2. The van der Waals surface area contributed by atoms with Gasteiger partial charge in [-0.3, -0.25) is 9.59 Å². The van der Waals surface area contributed by atoms with E-state index in [0.717, 1.165) is 0 Å². The first-order valence-electron chi connectivity index (χ1n) is 2.68. The molecule has 0 N–H and O–H groups in total. The van der Waals surface area contributed by atoms with E-state index < -0.39 is 11.9 Å². The first-order chi connectivity index (χ1) is 4.09. The zero-order valence-electron chi connectivity index (χ0n) is 5.80. The Morgan fingerprint density at radius 1 is 1.44 bits per heavy atom. The van der Waals surface area contributed by atoms with E-state index in [1.165, 1.54) is 21.0 Å². The van der Waals surface area contributed by atoms with Gasteiger partial charge in [0.25, 0.3) is 0 Å². The molecule has 0 heterocycles. The SMILES string of the molecule is COC(=O)[C@@H](C)C(C)=O. The molecule has 9 heavy (non-hydrogen) atoms. The van der Waals surface area contributed by atoms with Gasteiger partial charge in [0.1, 0.15) is 11.7 Å². The van der Waals surface area contributed by atoms with Crippen molar-refractivity contribution in [2.75, 3.05) is 7.11 Å². The number of ether oxygens (including phenoxy) is 1. The predicted molar refractivity (Wildman–Crippen MR) is 31.9 cm³/mol. The Labute approximate surface area is 54.0 Å². The first kappa shape index (κ1) is 8.14. The van der Waals surface area contributed by atoms with Gasteiger partial charge in [0.05, 0.1) is 7.11 Å². The summed E-state index contributed by atoms with van der Waals surface area (Å²) in [5.74, 6) is -1.25. The molecule has 0 spiro atoms. The van der Waals surface area contributed by atoms with Gasteiger partial charge < -0.3 is 4.74 Å². The molecule has 0 saturated carbocycles. The van der Waals surface area contributed by atoms with E-state index in [1.807, 2.05) is 0 Å². The Bertz CT molecular complexity index is 128. The number of methoxy groups -OCH3 is 1. The maximum absolute atomic E-state index is 10.5. The van der Waals surface area contributed by atoms with Crippen molar-refractivity contribution in [3.05, 3.63) is 0 Å². The molecule has 0 bridgehead atoms. The Balaban J connectivity index is 3.88. The highest BCUT2D eigenvalue weighted by Gasteiger charge is 2.16. The smallest absolute Gasteiger partial charge is 0.315 e. The van der Waals surface area contributed by atoms with Gasteiger partial charge in [0.2, 0.25) is 0 Å². The van der Waals surface area contributed by atoms with Gasteiger partial charge in [-0.2, -0.15) is 0 Å². The second-order valence-corrected chi connectivity index (χ2v) is 1.86. The second kappa shape index (κ2) is 3.22. The fourth-order valence-corrected chi connectivity index (χ4v) is 0.343. The molecule has 0 rings (SSSR count). The van der Waals surface area contributed by atoms with Gasteiger partial charge in [-0.05, 0) is 13.8 Å². The number of esters is 1. The van der Waals surface area contributed by atoms with Gasteiger partial charge in [-0.25, -0.2) is 0 Å². The molecule has 0 aliphatic carbocycles. The molecular weight excluding hydrogens is 120 g/mol. The summed E-state index contributed by atoms with van der Waals surface area (Å²) in [7, 11) is 1.27. The highest BCUT2D eigenvalue weighted by Crippen LogP contribution is 1.97. The third-order valence-electron chi connectivity index (χ3n) is 1.16. The molecule has 0 unspecified atom stereocenters. The fourth-order valence-electron chi connectivity index (χ4n) is 0.343. The number of carbonyl (C=O) groups excluding carboxylic acids is 2. The number of hydrogen-bond acceptors (Lipinski definition) is 3. The monoisotopic (exact) mass is 130 g/mol. The fraction of sp³-hybridized carbons (Fsp3) is 0.667. The molecule has 0 aliphatic rings. The van der Waals surface area contributed by atoms with Crippen LogP contribution < -0.4 is 0 Å². The molecule has 0 aromatic carbocycles. The molecule has 0 radical (unpaired) electrons. The van der Waals surface area contributed by atoms with Crippen LogP contribution in [-0.2, 0) is 14.3 Å². The van der Waals surface area contributed by atoms with Crippen LogP contribution in [0, 0.1) is 5.92 Å². The van der Waals surface area contributed by atoms with Gasteiger partial charge in [0.15, 0.2) is 0 Å². The molecule has 3 nitrogen and oxygen atoms in total. The summed E-state index contributed by atoms with van der Waals surface area (Å²) in [5.41, 5.74) is 0. The van der Waals surface area contributed by atoms with Crippen molar-refractivity contribution in [3.8, 4) is 0 Å². The van der Waals surface area contributed by atoms with Gasteiger partial charge in [-0.15, -0.1) is 0 Å². The molecule has 0 saturated heterocycles. The van der Waals surface area contributed by atoms with Crippen molar-refractivity contribution in [2.45, 2.75) is 13.8 Å². The quantitative estimate of drug-likeness (QED) is 0.401. The van der Waals surface area contributed by atoms with Gasteiger partial charge >= 0.3 is 5.97 Å². The van der Waals surface area contributed by atoms with E-state index in [0.29, 0.717) is 0 Å². The summed E-state index contributed by atoms with van der Waals surface area (Å²) in [5, 5.41) is 0. The Morgan fingerprint density at radius 2 is 1.89 bits per heavy atom. The van der Waals surface area contributed by atoms with Crippen LogP contribution in [0.15, 0.2) is 0 Å². The number of hydrogen-bond donors (Lipinski definition) is 0.